The highest BCUT2D eigenvalue weighted by Gasteiger charge is 2.05. The van der Waals surface area contributed by atoms with Gasteiger partial charge >= 0.3 is 0 Å². The average molecular weight is 189 g/mol. The number of ether oxygens (including phenoxy) is 1. The minimum Gasteiger partial charge on any atom is -0.395 e. The maximum atomic E-state index is 8.85. The van der Waals surface area contributed by atoms with Crippen LogP contribution in [-0.2, 0) is 4.74 Å². The Morgan fingerprint density at radius 1 is 1.38 bits per heavy atom. The molecule has 2 atom stereocenters. The van der Waals surface area contributed by atoms with Gasteiger partial charge in [0, 0.05) is 6.61 Å². The summed E-state index contributed by atoms with van der Waals surface area (Å²) in [5.74, 6) is 0.626. The van der Waals surface area contributed by atoms with Crippen LogP contribution in [0.3, 0.4) is 0 Å². The van der Waals surface area contributed by atoms with Crippen molar-refractivity contribution in [3.05, 3.63) is 0 Å². The predicted octanol–water partition coefficient (Wildman–Crippen LogP) is 1.02. The smallest absolute Gasteiger partial charge is 0.0642 e. The number of likely N-dealkylation sites (N-methyl/N-ethyl adjacent to an activating group) is 1. The van der Waals surface area contributed by atoms with Gasteiger partial charge in [-0.05, 0) is 19.4 Å². The van der Waals surface area contributed by atoms with Crippen LogP contribution in [0.15, 0.2) is 0 Å². The van der Waals surface area contributed by atoms with Crippen molar-refractivity contribution >= 4 is 0 Å². The summed E-state index contributed by atoms with van der Waals surface area (Å²) in [6.07, 6.45) is 2.42. The van der Waals surface area contributed by atoms with Crippen LogP contribution in [0.2, 0.25) is 0 Å². The highest BCUT2D eigenvalue weighted by atomic mass is 16.5. The molecule has 0 aliphatic rings. The van der Waals surface area contributed by atoms with Gasteiger partial charge in [0.15, 0.2) is 0 Å². The molecule has 80 valence electrons. The van der Waals surface area contributed by atoms with E-state index in [1.165, 1.54) is 12.8 Å². The third-order valence-electron chi connectivity index (χ3n) is 2.13. The highest BCUT2D eigenvalue weighted by Crippen LogP contribution is 2.04. The number of aliphatic hydroxyl groups is 1. The summed E-state index contributed by atoms with van der Waals surface area (Å²) >= 11 is 0. The zero-order valence-corrected chi connectivity index (χ0v) is 9.05. The van der Waals surface area contributed by atoms with E-state index in [0.717, 1.165) is 6.61 Å². The molecular weight excluding hydrogens is 166 g/mol. The van der Waals surface area contributed by atoms with Crippen LogP contribution in [0.5, 0.6) is 0 Å². The quantitative estimate of drug-likeness (QED) is 0.599. The monoisotopic (exact) mass is 189 g/mol. The lowest BCUT2D eigenvalue weighted by Crippen LogP contribution is -2.34. The molecule has 0 amide bonds. The van der Waals surface area contributed by atoms with Crippen LogP contribution in [0.4, 0.5) is 0 Å². The molecule has 0 spiro atoms. The van der Waals surface area contributed by atoms with E-state index < -0.39 is 0 Å². The van der Waals surface area contributed by atoms with Gasteiger partial charge in [0.2, 0.25) is 0 Å². The molecule has 0 saturated heterocycles. The van der Waals surface area contributed by atoms with E-state index in [0.29, 0.717) is 12.5 Å². The van der Waals surface area contributed by atoms with E-state index in [-0.39, 0.29) is 12.6 Å². The van der Waals surface area contributed by atoms with Crippen molar-refractivity contribution in [1.29, 1.82) is 0 Å². The molecule has 2 unspecified atom stereocenters. The molecule has 0 aliphatic heterocycles. The lowest BCUT2D eigenvalue weighted by atomic mass is 10.1. The van der Waals surface area contributed by atoms with Gasteiger partial charge in [0.05, 0.1) is 19.3 Å². The molecule has 0 aromatic rings. The number of aliphatic hydroxyl groups excluding tert-OH is 1. The van der Waals surface area contributed by atoms with Crippen LogP contribution in [0, 0.1) is 5.92 Å². The lowest BCUT2D eigenvalue weighted by molar-refractivity contribution is 0.0690. The van der Waals surface area contributed by atoms with Crippen LogP contribution < -0.4 is 5.32 Å². The first kappa shape index (κ1) is 12.9. The van der Waals surface area contributed by atoms with E-state index in [4.69, 9.17) is 9.84 Å². The number of nitrogens with one attached hydrogen (secondary N) is 1. The van der Waals surface area contributed by atoms with Crippen LogP contribution in [-0.4, -0.2) is 38.0 Å². The average Bonchev–Trinajstić information content (AvgIpc) is 2.13. The minimum atomic E-state index is 0.0776. The van der Waals surface area contributed by atoms with Gasteiger partial charge in [-0.3, -0.25) is 0 Å². The Hall–Kier alpha value is -0.120. The fourth-order valence-corrected chi connectivity index (χ4v) is 1.21. The van der Waals surface area contributed by atoms with Gasteiger partial charge in [-0.2, -0.15) is 0 Å². The number of rotatable bonds is 8. The summed E-state index contributed by atoms with van der Waals surface area (Å²) < 4.78 is 5.47. The topological polar surface area (TPSA) is 41.5 Å². The van der Waals surface area contributed by atoms with Gasteiger partial charge in [0.25, 0.3) is 0 Å². The summed E-state index contributed by atoms with van der Waals surface area (Å²) in [6, 6.07) is 0.0776. The van der Waals surface area contributed by atoms with Crippen molar-refractivity contribution in [2.24, 2.45) is 5.92 Å². The first-order chi connectivity index (χ1) is 6.24. The number of hydrogen-bond acceptors (Lipinski definition) is 3. The van der Waals surface area contributed by atoms with E-state index in [1.54, 1.807) is 0 Å². The predicted molar refractivity (Wildman–Crippen MR) is 54.8 cm³/mol. The molecule has 0 aromatic carbocycles. The van der Waals surface area contributed by atoms with Crippen molar-refractivity contribution in [2.45, 2.75) is 32.7 Å². The zero-order chi connectivity index (χ0) is 10.1. The SMILES string of the molecule is CCCC(C)COCC(CO)NC. The second-order valence-electron chi connectivity index (χ2n) is 3.60. The first-order valence-electron chi connectivity index (χ1n) is 5.10. The van der Waals surface area contributed by atoms with Crippen LogP contribution in [0.25, 0.3) is 0 Å². The molecule has 0 saturated carbocycles. The number of hydrogen-bond donors (Lipinski definition) is 2. The van der Waals surface area contributed by atoms with Gasteiger partial charge in [-0.25, -0.2) is 0 Å². The molecule has 3 heteroatoms. The molecule has 0 aromatic heterocycles. The second kappa shape index (κ2) is 8.48. The summed E-state index contributed by atoms with van der Waals surface area (Å²) in [7, 11) is 1.83. The first-order valence-corrected chi connectivity index (χ1v) is 5.10. The van der Waals surface area contributed by atoms with Crippen molar-refractivity contribution < 1.29 is 9.84 Å². The summed E-state index contributed by atoms with van der Waals surface area (Å²) in [4.78, 5) is 0. The van der Waals surface area contributed by atoms with Crippen molar-refractivity contribution in [3.8, 4) is 0 Å². The Morgan fingerprint density at radius 2 is 2.08 bits per heavy atom. The standard InChI is InChI=1S/C10H23NO2/c1-4-5-9(2)7-13-8-10(6-12)11-3/h9-12H,4-8H2,1-3H3. The minimum absolute atomic E-state index is 0.0776. The summed E-state index contributed by atoms with van der Waals surface area (Å²) in [6.45, 7) is 5.91. The molecule has 0 aliphatic carbocycles. The summed E-state index contributed by atoms with van der Waals surface area (Å²) in [5, 5.41) is 11.8. The van der Waals surface area contributed by atoms with Crippen molar-refractivity contribution in [1.82, 2.24) is 5.32 Å². The second-order valence-corrected chi connectivity index (χ2v) is 3.60. The Bertz CT molecular complexity index is 105. The molecule has 13 heavy (non-hydrogen) atoms. The maximum Gasteiger partial charge on any atom is 0.0642 e. The Labute approximate surface area is 81.5 Å². The molecule has 2 N–H and O–H groups in total. The normalized spacial score (nSPS) is 15.7. The molecule has 0 fully saturated rings. The highest BCUT2D eigenvalue weighted by molar-refractivity contribution is 4.60. The molecule has 0 radical (unpaired) electrons. The molecule has 3 nitrogen and oxygen atoms in total. The Morgan fingerprint density at radius 3 is 2.54 bits per heavy atom. The third kappa shape index (κ3) is 6.99. The molecule has 0 bridgehead atoms. The van der Waals surface area contributed by atoms with E-state index in [2.05, 4.69) is 19.2 Å². The van der Waals surface area contributed by atoms with Crippen molar-refractivity contribution in [2.75, 3.05) is 26.9 Å². The van der Waals surface area contributed by atoms with Crippen LogP contribution in [0.1, 0.15) is 26.7 Å². The lowest BCUT2D eigenvalue weighted by Gasteiger charge is -2.15. The van der Waals surface area contributed by atoms with Gasteiger partial charge in [-0.1, -0.05) is 20.3 Å². The van der Waals surface area contributed by atoms with E-state index in [1.807, 2.05) is 7.05 Å². The largest absolute Gasteiger partial charge is 0.395 e. The van der Waals surface area contributed by atoms with Gasteiger partial charge in [0.1, 0.15) is 0 Å². The fourth-order valence-electron chi connectivity index (χ4n) is 1.21. The fraction of sp³-hybridized carbons (Fsp3) is 1.00. The zero-order valence-electron chi connectivity index (χ0n) is 9.05. The Kier molecular flexibility index (Phi) is 8.40. The van der Waals surface area contributed by atoms with Crippen LogP contribution >= 0.6 is 0 Å². The van der Waals surface area contributed by atoms with Gasteiger partial charge in [-0.15, -0.1) is 0 Å². The molecular formula is C10H23NO2. The third-order valence-corrected chi connectivity index (χ3v) is 2.13. The van der Waals surface area contributed by atoms with Gasteiger partial charge < -0.3 is 15.2 Å². The molecule has 0 heterocycles. The Balaban J connectivity index is 3.32. The van der Waals surface area contributed by atoms with E-state index >= 15 is 0 Å². The van der Waals surface area contributed by atoms with Crippen molar-refractivity contribution in [3.63, 3.8) is 0 Å². The summed E-state index contributed by atoms with van der Waals surface area (Å²) in [5.41, 5.74) is 0. The molecule has 0 rings (SSSR count). The maximum absolute atomic E-state index is 8.85. The van der Waals surface area contributed by atoms with E-state index in [9.17, 15) is 0 Å².